The molecule has 2 N–H and O–H groups in total. The molecular weight excluding hydrogens is 186 g/mol. The normalized spacial score (nSPS) is 39.2. The second-order valence-corrected chi connectivity index (χ2v) is 5.41. The van der Waals surface area contributed by atoms with Gasteiger partial charge in [-0.25, -0.2) is 0 Å². The molecule has 0 spiro atoms. The molecule has 88 valence electrons. The molecule has 2 aliphatic rings. The molecule has 0 radical (unpaired) electrons. The highest BCUT2D eigenvalue weighted by Gasteiger charge is 2.44. The van der Waals surface area contributed by atoms with Crippen molar-refractivity contribution in [1.29, 1.82) is 0 Å². The summed E-state index contributed by atoms with van der Waals surface area (Å²) in [6, 6.07) is 0.342. The van der Waals surface area contributed by atoms with Gasteiger partial charge in [0, 0.05) is 6.04 Å². The topological polar surface area (TPSA) is 32.3 Å². The summed E-state index contributed by atoms with van der Waals surface area (Å²) in [4.78, 5) is 0. The van der Waals surface area contributed by atoms with Crippen molar-refractivity contribution in [2.24, 2.45) is 5.92 Å². The largest absolute Gasteiger partial charge is 0.388 e. The van der Waals surface area contributed by atoms with Gasteiger partial charge in [0.15, 0.2) is 0 Å². The van der Waals surface area contributed by atoms with Gasteiger partial charge in [0.25, 0.3) is 0 Å². The van der Waals surface area contributed by atoms with Crippen LogP contribution >= 0.6 is 0 Å². The average molecular weight is 211 g/mol. The molecule has 0 amide bonds. The maximum absolute atomic E-state index is 10.9. The van der Waals surface area contributed by atoms with Crippen LogP contribution in [0.2, 0.25) is 0 Å². The lowest BCUT2D eigenvalue weighted by Crippen LogP contribution is -2.56. The number of nitrogens with one attached hydrogen (secondary N) is 1. The summed E-state index contributed by atoms with van der Waals surface area (Å²) in [6.07, 6.45) is 11.2. The van der Waals surface area contributed by atoms with E-state index in [2.05, 4.69) is 5.32 Å². The molecular formula is C13H25NO. The van der Waals surface area contributed by atoms with Crippen LogP contribution < -0.4 is 5.32 Å². The summed E-state index contributed by atoms with van der Waals surface area (Å²) < 4.78 is 0. The third-order valence-electron chi connectivity index (χ3n) is 4.58. The lowest BCUT2D eigenvalue weighted by molar-refractivity contribution is -0.0838. The summed E-state index contributed by atoms with van der Waals surface area (Å²) in [5.74, 6) is 0.559. The molecule has 0 heterocycles. The van der Waals surface area contributed by atoms with Gasteiger partial charge in [-0.1, -0.05) is 32.1 Å². The Balaban J connectivity index is 2.06. The highest BCUT2D eigenvalue weighted by atomic mass is 16.3. The summed E-state index contributed by atoms with van der Waals surface area (Å²) in [5.41, 5.74) is -0.395. The van der Waals surface area contributed by atoms with Gasteiger partial charge in [-0.05, 0) is 38.6 Å². The Bertz CT molecular complexity index is 201. The lowest BCUT2D eigenvalue weighted by atomic mass is 9.67. The second-order valence-electron chi connectivity index (χ2n) is 5.41. The second kappa shape index (κ2) is 4.84. The van der Waals surface area contributed by atoms with E-state index in [4.69, 9.17) is 0 Å². The Morgan fingerprint density at radius 1 is 1.00 bits per heavy atom. The van der Waals surface area contributed by atoms with E-state index in [1.807, 2.05) is 7.05 Å². The van der Waals surface area contributed by atoms with Crippen molar-refractivity contribution in [2.45, 2.75) is 69.4 Å². The van der Waals surface area contributed by atoms with Gasteiger partial charge >= 0.3 is 0 Å². The van der Waals surface area contributed by atoms with Crippen molar-refractivity contribution in [3.05, 3.63) is 0 Å². The molecule has 2 atom stereocenters. The minimum atomic E-state index is -0.395. The van der Waals surface area contributed by atoms with Crippen LogP contribution in [-0.2, 0) is 0 Å². The smallest absolute Gasteiger partial charge is 0.0827 e. The maximum Gasteiger partial charge on any atom is 0.0827 e. The third kappa shape index (κ3) is 2.21. The third-order valence-corrected chi connectivity index (χ3v) is 4.58. The van der Waals surface area contributed by atoms with Crippen LogP contribution in [0.5, 0.6) is 0 Å². The van der Waals surface area contributed by atoms with Crippen molar-refractivity contribution in [1.82, 2.24) is 5.32 Å². The van der Waals surface area contributed by atoms with Crippen molar-refractivity contribution in [3.8, 4) is 0 Å². The summed E-state index contributed by atoms with van der Waals surface area (Å²) in [6.45, 7) is 0. The van der Waals surface area contributed by atoms with Crippen molar-refractivity contribution < 1.29 is 5.11 Å². The Kier molecular flexibility index (Phi) is 3.68. The molecule has 2 aliphatic carbocycles. The average Bonchev–Trinajstić information content (AvgIpc) is 2.31. The van der Waals surface area contributed by atoms with Crippen LogP contribution in [0.25, 0.3) is 0 Å². The number of hydrogen-bond donors (Lipinski definition) is 2. The molecule has 0 saturated heterocycles. The molecule has 2 rings (SSSR count). The quantitative estimate of drug-likeness (QED) is 0.735. The summed E-state index contributed by atoms with van der Waals surface area (Å²) in [7, 11) is 2.00. The fourth-order valence-corrected chi connectivity index (χ4v) is 3.67. The van der Waals surface area contributed by atoms with Gasteiger partial charge in [-0.2, -0.15) is 0 Å². The van der Waals surface area contributed by atoms with E-state index in [0.29, 0.717) is 12.0 Å². The fraction of sp³-hybridized carbons (Fsp3) is 1.00. The zero-order valence-corrected chi connectivity index (χ0v) is 9.97. The van der Waals surface area contributed by atoms with Gasteiger partial charge in [-0.3, -0.25) is 0 Å². The fourth-order valence-electron chi connectivity index (χ4n) is 3.67. The van der Waals surface area contributed by atoms with E-state index in [0.717, 1.165) is 12.8 Å². The molecule has 2 fully saturated rings. The van der Waals surface area contributed by atoms with Gasteiger partial charge in [0.1, 0.15) is 0 Å². The maximum atomic E-state index is 10.9. The summed E-state index contributed by atoms with van der Waals surface area (Å²) in [5, 5.41) is 14.2. The molecule has 2 saturated carbocycles. The first-order valence-corrected chi connectivity index (χ1v) is 6.67. The van der Waals surface area contributed by atoms with E-state index in [1.165, 1.54) is 44.9 Å². The van der Waals surface area contributed by atoms with Crippen LogP contribution in [0.1, 0.15) is 57.8 Å². The van der Waals surface area contributed by atoms with E-state index < -0.39 is 5.60 Å². The predicted molar refractivity (Wildman–Crippen MR) is 62.8 cm³/mol. The Morgan fingerprint density at radius 2 is 1.67 bits per heavy atom. The monoisotopic (exact) mass is 211 g/mol. The van der Waals surface area contributed by atoms with Crippen LogP contribution in [-0.4, -0.2) is 23.8 Å². The zero-order chi connectivity index (χ0) is 10.7. The molecule has 0 unspecified atom stereocenters. The predicted octanol–water partition coefficient (Wildman–Crippen LogP) is 2.46. The van der Waals surface area contributed by atoms with Gasteiger partial charge in [0.2, 0.25) is 0 Å². The molecule has 2 heteroatoms. The first-order valence-electron chi connectivity index (χ1n) is 6.67. The van der Waals surface area contributed by atoms with Crippen molar-refractivity contribution in [2.75, 3.05) is 7.05 Å². The molecule has 15 heavy (non-hydrogen) atoms. The van der Waals surface area contributed by atoms with Crippen LogP contribution in [0.3, 0.4) is 0 Å². The van der Waals surface area contributed by atoms with Gasteiger partial charge in [-0.15, -0.1) is 0 Å². The first-order chi connectivity index (χ1) is 7.27. The molecule has 0 bridgehead atoms. The molecule has 0 aromatic carbocycles. The van der Waals surface area contributed by atoms with Gasteiger partial charge < -0.3 is 10.4 Å². The van der Waals surface area contributed by atoms with E-state index in [-0.39, 0.29) is 0 Å². The van der Waals surface area contributed by atoms with E-state index in [9.17, 15) is 5.11 Å². The van der Waals surface area contributed by atoms with Crippen molar-refractivity contribution >= 4 is 0 Å². The number of hydrogen-bond acceptors (Lipinski definition) is 2. The zero-order valence-electron chi connectivity index (χ0n) is 9.97. The molecule has 0 aromatic heterocycles. The number of aliphatic hydroxyl groups is 1. The molecule has 2 nitrogen and oxygen atoms in total. The lowest BCUT2D eigenvalue weighted by Gasteiger charge is -2.46. The first kappa shape index (κ1) is 11.4. The number of rotatable bonds is 2. The minimum Gasteiger partial charge on any atom is -0.388 e. The van der Waals surface area contributed by atoms with E-state index >= 15 is 0 Å². The Hall–Kier alpha value is -0.0800. The minimum absolute atomic E-state index is 0.342. The SMILES string of the molecule is CN[C@H]1CCCC[C@@]1(O)C1CCCCC1. The summed E-state index contributed by atoms with van der Waals surface area (Å²) >= 11 is 0. The van der Waals surface area contributed by atoms with Gasteiger partial charge in [0.05, 0.1) is 5.60 Å². The standard InChI is InChI=1S/C13H25NO/c1-14-12-9-5-6-10-13(12,15)11-7-3-2-4-8-11/h11-12,14-15H,2-10H2,1H3/t12-,13+/m0/s1. The van der Waals surface area contributed by atoms with Crippen LogP contribution in [0.4, 0.5) is 0 Å². The Labute approximate surface area is 93.5 Å². The molecule has 0 aliphatic heterocycles. The highest BCUT2D eigenvalue weighted by molar-refractivity contribution is 4.99. The van der Waals surface area contributed by atoms with Crippen LogP contribution in [0, 0.1) is 5.92 Å². The number of likely N-dealkylation sites (N-methyl/N-ethyl adjacent to an activating group) is 1. The van der Waals surface area contributed by atoms with E-state index in [1.54, 1.807) is 0 Å². The molecule has 0 aromatic rings. The Morgan fingerprint density at radius 3 is 2.33 bits per heavy atom. The van der Waals surface area contributed by atoms with Crippen molar-refractivity contribution in [3.63, 3.8) is 0 Å². The highest BCUT2D eigenvalue weighted by Crippen LogP contribution is 2.41. The van der Waals surface area contributed by atoms with Crippen LogP contribution in [0.15, 0.2) is 0 Å².